The highest BCUT2D eigenvalue weighted by Gasteiger charge is 2.22. The molecule has 2 aliphatic rings. The largest absolute Gasteiger partial charge is 0.339 e. The van der Waals surface area contributed by atoms with Crippen molar-refractivity contribution in [3.63, 3.8) is 0 Å². The molecular formula is C20H29N3O2. The van der Waals surface area contributed by atoms with E-state index in [0.717, 1.165) is 44.7 Å². The smallest absolute Gasteiger partial charge is 0.253 e. The van der Waals surface area contributed by atoms with Gasteiger partial charge in [-0.25, -0.2) is 0 Å². The Bertz CT molecular complexity index is 587. The van der Waals surface area contributed by atoms with E-state index in [1.165, 1.54) is 12.8 Å². The zero-order valence-corrected chi connectivity index (χ0v) is 15.1. The van der Waals surface area contributed by atoms with Crippen molar-refractivity contribution in [3.05, 3.63) is 29.8 Å². The Kier molecular flexibility index (Phi) is 6.08. The summed E-state index contributed by atoms with van der Waals surface area (Å²) in [7, 11) is 0. The van der Waals surface area contributed by atoms with E-state index in [4.69, 9.17) is 0 Å². The number of carbonyl (C=O) groups excluding carboxylic acids is 2. The predicted octanol–water partition coefficient (Wildman–Crippen LogP) is 2.89. The maximum absolute atomic E-state index is 12.3. The summed E-state index contributed by atoms with van der Waals surface area (Å²) in [6.45, 7) is 5.98. The van der Waals surface area contributed by atoms with E-state index in [2.05, 4.69) is 17.6 Å². The van der Waals surface area contributed by atoms with Gasteiger partial charge in [-0.05, 0) is 74.9 Å². The fraction of sp³-hybridized carbons (Fsp3) is 0.600. The van der Waals surface area contributed by atoms with Crippen molar-refractivity contribution in [2.75, 3.05) is 31.5 Å². The number of likely N-dealkylation sites (tertiary alicyclic amines) is 1. The first-order valence-electron chi connectivity index (χ1n) is 9.53. The van der Waals surface area contributed by atoms with Crippen LogP contribution in [0.4, 0.5) is 5.69 Å². The Balaban J connectivity index is 1.50. The van der Waals surface area contributed by atoms with Crippen molar-refractivity contribution in [1.29, 1.82) is 0 Å². The van der Waals surface area contributed by atoms with Crippen LogP contribution in [-0.4, -0.2) is 42.9 Å². The normalized spacial score (nSPS) is 21.8. The second-order valence-corrected chi connectivity index (χ2v) is 7.41. The number of amides is 2. The Morgan fingerprint density at radius 1 is 1.20 bits per heavy atom. The van der Waals surface area contributed by atoms with Gasteiger partial charge in [-0.3, -0.25) is 9.59 Å². The second kappa shape index (κ2) is 8.48. The van der Waals surface area contributed by atoms with E-state index < -0.39 is 0 Å². The third-order valence-electron chi connectivity index (χ3n) is 5.46. The van der Waals surface area contributed by atoms with E-state index in [1.807, 2.05) is 29.2 Å². The van der Waals surface area contributed by atoms with Crippen molar-refractivity contribution < 1.29 is 9.59 Å². The van der Waals surface area contributed by atoms with Crippen LogP contribution in [0.1, 0.15) is 49.4 Å². The quantitative estimate of drug-likeness (QED) is 0.864. The standard InChI is InChI=1S/C20H29N3O2/c1-15(17-5-4-10-21-14-17)13-19(24)22-18-8-6-16(7-9-18)20(25)23-11-2-3-12-23/h6-9,15,17,21H,2-5,10-14H2,1H3,(H,22,24). The van der Waals surface area contributed by atoms with Crippen LogP contribution in [-0.2, 0) is 4.79 Å². The van der Waals surface area contributed by atoms with E-state index in [0.29, 0.717) is 23.8 Å². The Morgan fingerprint density at radius 3 is 2.56 bits per heavy atom. The van der Waals surface area contributed by atoms with Crippen molar-refractivity contribution >= 4 is 17.5 Å². The van der Waals surface area contributed by atoms with Gasteiger partial charge in [-0.1, -0.05) is 6.92 Å². The van der Waals surface area contributed by atoms with Gasteiger partial charge in [-0.15, -0.1) is 0 Å². The number of anilines is 1. The maximum Gasteiger partial charge on any atom is 0.253 e. The van der Waals surface area contributed by atoms with Crippen LogP contribution in [0.2, 0.25) is 0 Å². The molecule has 0 saturated carbocycles. The topological polar surface area (TPSA) is 61.4 Å². The number of nitrogens with zero attached hydrogens (tertiary/aromatic N) is 1. The Morgan fingerprint density at radius 2 is 1.92 bits per heavy atom. The third-order valence-corrected chi connectivity index (χ3v) is 5.46. The molecule has 2 amide bonds. The number of benzene rings is 1. The highest BCUT2D eigenvalue weighted by Crippen LogP contribution is 2.23. The lowest BCUT2D eigenvalue weighted by atomic mass is 9.85. The fourth-order valence-corrected chi connectivity index (χ4v) is 3.83. The number of carbonyl (C=O) groups is 2. The fourth-order valence-electron chi connectivity index (χ4n) is 3.83. The Labute approximate surface area is 150 Å². The molecule has 25 heavy (non-hydrogen) atoms. The highest BCUT2D eigenvalue weighted by atomic mass is 16.2. The summed E-state index contributed by atoms with van der Waals surface area (Å²) in [5.74, 6) is 1.11. The maximum atomic E-state index is 12.3. The molecular weight excluding hydrogens is 314 g/mol. The van der Waals surface area contributed by atoms with Gasteiger partial charge < -0.3 is 15.5 Å². The van der Waals surface area contributed by atoms with Gasteiger partial charge in [0.05, 0.1) is 0 Å². The Hall–Kier alpha value is -1.88. The van der Waals surface area contributed by atoms with Crippen molar-refractivity contribution in [2.24, 2.45) is 11.8 Å². The lowest BCUT2D eigenvalue weighted by molar-refractivity contribution is -0.117. The number of hydrogen-bond donors (Lipinski definition) is 2. The molecule has 3 rings (SSSR count). The molecule has 136 valence electrons. The molecule has 0 aromatic heterocycles. The molecule has 2 N–H and O–H groups in total. The van der Waals surface area contributed by atoms with Gasteiger partial charge in [0, 0.05) is 30.8 Å². The van der Waals surface area contributed by atoms with Crippen LogP contribution in [0.3, 0.4) is 0 Å². The van der Waals surface area contributed by atoms with Crippen molar-refractivity contribution in [2.45, 2.75) is 39.0 Å². The van der Waals surface area contributed by atoms with Gasteiger partial charge >= 0.3 is 0 Å². The van der Waals surface area contributed by atoms with Crippen LogP contribution >= 0.6 is 0 Å². The summed E-state index contributed by atoms with van der Waals surface area (Å²) in [5.41, 5.74) is 1.46. The number of hydrogen-bond acceptors (Lipinski definition) is 3. The third kappa shape index (κ3) is 4.82. The van der Waals surface area contributed by atoms with Crippen LogP contribution in [0.5, 0.6) is 0 Å². The van der Waals surface area contributed by atoms with Crippen LogP contribution in [0, 0.1) is 11.8 Å². The van der Waals surface area contributed by atoms with E-state index in [-0.39, 0.29) is 11.8 Å². The van der Waals surface area contributed by atoms with E-state index in [1.54, 1.807) is 0 Å². The summed E-state index contributed by atoms with van der Waals surface area (Å²) < 4.78 is 0. The summed E-state index contributed by atoms with van der Waals surface area (Å²) >= 11 is 0. The SMILES string of the molecule is CC(CC(=O)Nc1ccc(C(=O)N2CCCC2)cc1)C1CCCNC1. The summed E-state index contributed by atoms with van der Waals surface area (Å²) in [6.07, 6.45) is 5.13. The van der Waals surface area contributed by atoms with Crippen molar-refractivity contribution in [1.82, 2.24) is 10.2 Å². The first-order chi connectivity index (χ1) is 12.1. The molecule has 1 aromatic rings. The predicted molar refractivity (Wildman–Crippen MR) is 99.6 cm³/mol. The average molecular weight is 343 g/mol. The monoisotopic (exact) mass is 343 g/mol. The molecule has 0 aliphatic carbocycles. The molecule has 2 saturated heterocycles. The highest BCUT2D eigenvalue weighted by molar-refractivity contribution is 5.96. The average Bonchev–Trinajstić information content (AvgIpc) is 3.17. The van der Waals surface area contributed by atoms with Crippen LogP contribution < -0.4 is 10.6 Å². The van der Waals surface area contributed by atoms with E-state index in [9.17, 15) is 9.59 Å². The molecule has 2 fully saturated rings. The first kappa shape index (κ1) is 17.9. The number of rotatable bonds is 5. The molecule has 0 spiro atoms. The zero-order valence-electron chi connectivity index (χ0n) is 15.1. The van der Waals surface area contributed by atoms with Gasteiger partial charge in [0.1, 0.15) is 0 Å². The molecule has 2 unspecified atom stereocenters. The molecule has 0 radical (unpaired) electrons. The first-order valence-corrected chi connectivity index (χ1v) is 9.53. The molecule has 2 aliphatic heterocycles. The molecule has 5 heteroatoms. The number of piperidine rings is 1. The van der Waals surface area contributed by atoms with Gasteiger partial charge in [0.15, 0.2) is 0 Å². The van der Waals surface area contributed by atoms with Crippen molar-refractivity contribution in [3.8, 4) is 0 Å². The summed E-state index contributed by atoms with van der Waals surface area (Å²) in [6, 6.07) is 7.28. The van der Waals surface area contributed by atoms with E-state index >= 15 is 0 Å². The van der Waals surface area contributed by atoms with Crippen LogP contribution in [0.15, 0.2) is 24.3 Å². The zero-order chi connectivity index (χ0) is 17.6. The lowest BCUT2D eigenvalue weighted by Crippen LogP contribution is -2.34. The molecule has 0 bridgehead atoms. The summed E-state index contributed by atoms with van der Waals surface area (Å²) in [4.78, 5) is 26.5. The molecule has 5 nitrogen and oxygen atoms in total. The molecule has 2 atom stereocenters. The lowest BCUT2D eigenvalue weighted by Gasteiger charge is -2.28. The second-order valence-electron chi connectivity index (χ2n) is 7.41. The van der Waals surface area contributed by atoms with Gasteiger partial charge in [-0.2, -0.15) is 0 Å². The minimum absolute atomic E-state index is 0.0525. The van der Waals surface area contributed by atoms with Gasteiger partial charge in [0.2, 0.25) is 5.91 Å². The minimum atomic E-state index is 0.0525. The molecule has 2 heterocycles. The molecule has 1 aromatic carbocycles. The van der Waals surface area contributed by atoms with Gasteiger partial charge in [0.25, 0.3) is 5.91 Å². The van der Waals surface area contributed by atoms with Crippen LogP contribution in [0.25, 0.3) is 0 Å². The number of nitrogens with one attached hydrogen (secondary N) is 2. The minimum Gasteiger partial charge on any atom is -0.339 e. The summed E-state index contributed by atoms with van der Waals surface area (Å²) in [5, 5.41) is 6.37.